The van der Waals surface area contributed by atoms with E-state index in [1.54, 1.807) is 0 Å². The summed E-state index contributed by atoms with van der Waals surface area (Å²) in [6.07, 6.45) is 3.89. The Morgan fingerprint density at radius 2 is 2.15 bits per heavy atom. The zero-order valence-electron chi connectivity index (χ0n) is 12.5. The molecule has 1 unspecified atom stereocenters. The van der Waals surface area contributed by atoms with E-state index in [9.17, 15) is 0 Å². The van der Waals surface area contributed by atoms with E-state index >= 15 is 0 Å². The lowest BCUT2D eigenvalue weighted by atomic mass is 10.1. The van der Waals surface area contributed by atoms with E-state index in [0.717, 1.165) is 19.6 Å². The first-order valence-electron chi connectivity index (χ1n) is 6.87. The van der Waals surface area contributed by atoms with Crippen LogP contribution in [0.1, 0.15) is 44.8 Å². The van der Waals surface area contributed by atoms with Crippen molar-refractivity contribution < 1.29 is 9.26 Å². The van der Waals surface area contributed by atoms with E-state index in [0.29, 0.717) is 24.4 Å². The van der Waals surface area contributed by atoms with Crippen LogP contribution in [-0.2, 0) is 16.8 Å². The van der Waals surface area contributed by atoms with Gasteiger partial charge in [-0.3, -0.25) is 4.90 Å². The monoisotopic (exact) mass is 304 g/mol. The van der Waals surface area contributed by atoms with Gasteiger partial charge in [0.25, 0.3) is 0 Å². The van der Waals surface area contributed by atoms with Crippen molar-refractivity contribution in [3.8, 4) is 0 Å². The van der Waals surface area contributed by atoms with Crippen molar-refractivity contribution in [2.45, 2.75) is 51.3 Å². The Bertz CT molecular complexity index is 399. The summed E-state index contributed by atoms with van der Waals surface area (Å²) >= 11 is 0. The molecule has 2 N–H and O–H groups in total. The molecule has 1 aliphatic rings. The summed E-state index contributed by atoms with van der Waals surface area (Å²) in [5.41, 5.74) is 5.37. The molecule has 20 heavy (non-hydrogen) atoms. The number of likely N-dealkylation sites (N-methyl/N-ethyl adjacent to an activating group) is 1. The van der Waals surface area contributed by atoms with Gasteiger partial charge in [0.05, 0.1) is 18.2 Å². The van der Waals surface area contributed by atoms with Crippen LogP contribution in [0.15, 0.2) is 4.52 Å². The molecule has 0 radical (unpaired) electrons. The van der Waals surface area contributed by atoms with Crippen LogP contribution in [0, 0.1) is 0 Å². The molecule has 2 rings (SSSR count). The van der Waals surface area contributed by atoms with Gasteiger partial charge >= 0.3 is 0 Å². The van der Waals surface area contributed by atoms with Crippen LogP contribution < -0.4 is 5.73 Å². The van der Waals surface area contributed by atoms with Crippen LogP contribution in [0.5, 0.6) is 0 Å². The molecule has 1 aliphatic heterocycles. The number of hydrogen-bond donors (Lipinski definition) is 1. The molecule has 1 aromatic rings. The van der Waals surface area contributed by atoms with Crippen molar-refractivity contribution in [3.05, 3.63) is 11.7 Å². The highest BCUT2D eigenvalue weighted by atomic mass is 35.5. The molecule has 0 aromatic carbocycles. The minimum absolute atomic E-state index is 0. The lowest BCUT2D eigenvalue weighted by Gasteiger charge is -2.26. The van der Waals surface area contributed by atoms with Gasteiger partial charge in [-0.15, -0.1) is 12.4 Å². The fraction of sp³-hybridized carbons (Fsp3) is 0.846. The standard InChI is InChI=1S/C13H24N4O2.ClH/c1-13(2,14)12-15-11(19-16-12)9-17(3)8-10-6-4-5-7-18-10;/h10H,4-9,14H2,1-3H3;1H. The van der Waals surface area contributed by atoms with E-state index < -0.39 is 5.54 Å². The summed E-state index contributed by atoms with van der Waals surface area (Å²) < 4.78 is 10.9. The van der Waals surface area contributed by atoms with Gasteiger partial charge in [-0.1, -0.05) is 5.16 Å². The van der Waals surface area contributed by atoms with E-state index in [4.69, 9.17) is 15.0 Å². The molecule has 0 saturated carbocycles. The van der Waals surface area contributed by atoms with E-state index in [2.05, 4.69) is 15.0 Å². The Morgan fingerprint density at radius 1 is 1.40 bits per heavy atom. The molecule has 116 valence electrons. The summed E-state index contributed by atoms with van der Waals surface area (Å²) in [4.78, 5) is 6.48. The van der Waals surface area contributed by atoms with Crippen LogP contribution in [-0.4, -0.2) is 41.3 Å². The number of nitrogens with zero attached hydrogens (tertiary/aromatic N) is 3. The van der Waals surface area contributed by atoms with Crippen molar-refractivity contribution in [3.63, 3.8) is 0 Å². The lowest BCUT2D eigenvalue weighted by Crippen LogP contribution is -2.33. The summed E-state index contributed by atoms with van der Waals surface area (Å²) in [6, 6.07) is 0. The number of rotatable bonds is 5. The fourth-order valence-electron chi connectivity index (χ4n) is 2.18. The van der Waals surface area contributed by atoms with Gasteiger partial charge in [-0.2, -0.15) is 4.98 Å². The molecule has 1 atom stereocenters. The Kier molecular flexibility index (Phi) is 6.39. The number of nitrogens with two attached hydrogens (primary N) is 1. The number of hydrogen-bond acceptors (Lipinski definition) is 6. The normalized spacial score (nSPS) is 19.9. The third-order valence-corrected chi connectivity index (χ3v) is 3.24. The Labute approximate surface area is 126 Å². The second-order valence-corrected chi connectivity index (χ2v) is 5.92. The fourth-order valence-corrected chi connectivity index (χ4v) is 2.18. The zero-order chi connectivity index (χ0) is 13.9. The Morgan fingerprint density at radius 3 is 2.70 bits per heavy atom. The molecule has 0 bridgehead atoms. The molecule has 1 aromatic heterocycles. The zero-order valence-corrected chi connectivity index (χ0v) is 13.3. The summed E-state index contributed by atoms with van der Waals surface area (Å²) in [5, 5.41) is 3.92. The van der Waals surface area contributed by atoms with Crippen molar-refractivity contribution in [1.29, 1.82) is 0 Å². The first kappa shape index (κ1) is 17.4. The molecule has 2 heterocycles. The van der Waals surface area contributed by atoms with Crippen LogP contribution in [0.3, 0.4) is 0 Å². The summed E-state index contributed by atoms with van der Waals surface area (Å²) in [6.45, 7) is 6.12. The Hall–Kier alpha value is -0.690. The van der Waals surface area contributed by atoms with Gasteiger partial charge < -0.3 is 15.0 Å². The summed E-state index contributed by atoms with van der Waals surface area (Å²) in [5.74, 6) is 1.15. The van der Waals surface area contributed by atoms with Crippen LogP contribution in [0.2, 0.25) is 0 Å². The van der Waals surface area contributed by atoms with Gasteiger partial charge in [0.15, 0.2) is 5.82 Å². The molecular weight excluding hydrogens is 280 g/mol. The third kappa shape index (κ3) is 5.01. The van der Waals surface area contributed by atoms with Gasteiger partial charge in [-0.05, 0) is 40.2 Å². The lowest BCUT2D eigenvalue weighted by molar-refractivity contribution is -0.00382. The van der Waals surface area contributed by atoms with Gasteiger partial charge in [0, 0.05) is 13.2 Å². The highest BCUT2D eigenvalue weighted by Crippen LogP contribution is 2.16. The molecular formula is C13H25ClN4O2. The van der Waals surface area contributed by atoms with E-state index in [1.165, 1.54) is 12.8 Å². The molecule has 0 aliphatic carbocycles. The Balaban J connectivity index is 0.00000200. The minimum Gasteiger partial charge on any atom is -0.377 e. The van der Waals surface area contributed by atoms with E-state index in [-0.39, 0.29) is 12.4 Å². The van der Waals surface area contributed by atoms with Crippen molar-refractivity contribution >= 4 is 12.4 Å². The quantitative estimate of drug-likeness (QED) is 0.892. The highest BCUT2D eigenvalue weighted by Gasteiger charge is 2.22. The average molecular weight is 305 g/mol. The van der Waals surface area contributed by atoms with Crippen molar-refractivity contribution in [1.82, 2.24) is 15.0 Å². The first-order chi connectivity index (χ1) is 8.95. The predicted octanol–water partition coefficient (Wildman–Crippen LogP) is 1.69. The average Bonchev–Trinajstić information content (AvgIpc) is 2.78. The first-order valence-corrected chi connectivity index (χ1v) is 6.87. The number of ether oxygens (including phenoxy) is 1. The molecule has 1 saturated heterocycles. The summed E-state index contributed by atoms with van der Waals surface area (Å²) in [7, 11) is 2.04. The number of aromatic nitrogens is 2. The minimum atomic E-state index is -0.563. The molecule has 6 nitrogen and oxygen atoms in total. The molecule has 0 amide bonds. The number of halogens is 1. The molecule has 0 spiro atoms. The van der Waals surface area contributed by atoms with Crippen molar-refractivity contribution in [2.75, 3.05) is 20.2 Å². The smallest absolute Gasteiger partial charge is 0.240 e. The van der Waals surface area contributed by atoms with Crippen LogP contribution in [0.25, 0.3) is 0 Å². The predicted molar refractivity (Wildman–Crippen MR) is 78.7 cm³/mol. The highest BCUT2D eigenvalue weighted by molar-refractivity contribution is 5.85. The maximum absolute atomic E-state index is 5.93. The van der Waals surface area contributed by atoms with Crippen molar-refractivity contribution in [2.24, 2.45) is 5.73 Å². The maximum atomic E-state index is 5.93. The van der Waals surface area contributed by atoms with Gasteiger partial charge in [0.2, 0.25) is 5.89 Å². The third-order valence-electron chi connectivity index (χ3n) is 3.24. The molecule has 7 heteroatoms. The second-order valence-electron chi connectivity index (χ2n) is 5.92. The van der Waals surface area contributed by atoms with Gasteiger partial charge in [-0.25, -0.2) is 0 Å². The van der Waals surface area contributed by atoms with Crippen LogP contribution in [0.4, 0.5) is 0 Å². The molecule has 1 fully saturated rings. The largest absolute Gasteiger partial charge is 0.377 e. The topological polar surface area (TPSA) is 77.4 Å². The second kappa shape index (κ2) is 7.36. The van der Waals surface area contributed by atoms with Gasteiger partial charge in [0.1, 0.15) is 0 Å². The SMILES string of the molecule is CN(Cc1nc(C(C)(C)N)no1)CC1CCCCO1.Cl. The van der Waals surface area contributed by atoms with E-state index in [1.807, 2.05) is 20.9 Å². The maximum Gasteiger partial charge on any atom is 0.240 e. The van der Waals surface area contributed by atoms with Crippen LogP contribution >= 0.6 is 12.4 Å².